The summed E-state index contributed by atoms with van der Waals surface area (Å²) in [5.74, 6) is 1.55. The fraction of sp³-hybridized carbons (Fsp3) is 0.688. The van der Waals surface area contributed by atoms with Crippen molar-refractivity contribution in [3.8, 4) is 0 Å². The number of amides is 1. The Bertz CT molecular complexity index is 469. The van der Waals surface area contributed by atoms with Crippen molar-refractivity contribution in [1.29, 1.82) is 0 Å². The van der Waals surface area contributed by atoms with Gasteiger partial charge in [0.05, 0.1) is 25.9 Å². The number of hydrogen-bond donors (Lipinski definition) is 1. The summed E-state index contributed by atoms with van der Waals surface area (Å²) in [7, 11) is 0. The molecular formula is C16H25NO4. The van der Waals surface area contributed by atoms with Crippen molar-refractivity contribution in [3.05, 3.63) is 23.7 Å². The summed E-state index contributed by atoms with van der Waals surface area (Å²) in [6.07, 6.45) is 0.300. The SMILES string of the molecule is CCc1ccc([C@@H](NC(=O)[C@H]2COCCO2)C(C)(C)C)o1. The lowest BCUT2D eigenvalue weighted by Crippen LogP contribution is -2.46. The van der Waals surface area contributed by atoms with Gasteiger partial charge in [0.25, 0.3) is 5.91 Å². The molecule has 118 valence electrons. The van der Waals surface area contributed by atoms with Gasteiger partial charge in [0, 0.05) is 6.42 Å². The molecule has 1 aromatic rings. The second-order valence-corrected chi connectivity index (χ2v) is 6.40. The third-order valence-electron chi connectivity index (χ3n) is 3.58. The van der Waals surface area contributed by atoms with Gasteiger partial charge in [-0.15, -0.1) is 0 Å². The summed E-state index contributed by atoms with van der Waals surface area (Å²) >= 11 is 0. The van der Waals surface area contributed by atoms with Gasteiger partial charge in [-0.3, -0.25) is 4.79 Å². The molecule has 1 saturated heterocycles. The number of carbonyl (C=O) groups excluding carboxylic acids is 1. The van der Waals surface area contributed by atoms with Gasteiger partial charge in [-0.25, -0.2) is 0 Å². The normalized spacial score (nSPS) is 21.0. The average Bonchev–Trinajstić information content (AvgIpc) is 2.92. The number of rotatable bonds is 4. The number of aryl methyl sites for hydroxylation is 1. The zero-order valence-corrected chi connectivity index (χ0v) is 13.3. The standard InChI is InChI=1S/C16H25NO4/c1-5-11-6-7-12(21-11)14(16(2,3)4)17-15(18)13-10-19-8-9-20-13/h6-7,13-14H,5,8-10H2,1-4H3,(H,17,18)/t13-,14-/m1/s1. The van der Waals surface area contributed by atoms with E-state index in [4.69, 9.17) is 13.9 Å². The van der Waals surface area contributed by atoms with Crippen LogP contribution < -0.4 is 5.32 Å². The van der Waals surface area contributed by atoms with E-state index in [1.165, 1.54) is 0 Å². The van der Waals surface area contributed by atoms with Gasteiger partial charge in [0.2, 0.25) is 0 Å². The predicted octanol–water partition coefficient (Wildman–Crippen LogP) is 2.46. The van der Waals surface area contributed by atoms with Gasteiger partial charge in [0.1, 0.15) is 11.5 Å². The van der Waals surface area contributed by atoms with E-state index < -0.39 is 6.10 Å². The molecule has 1 N–H and O–H groups in total. The number of carbonyl (C=O) groups is 1. The molecule has 2 atom stereocenters. The predicted molar refractivity (Wildman–Crippen MR) is 79.0 cm³/mol. The van der Waals surface area contributed by atoms with Crippen LogP contribution in [0.2, 0.25) is 0 Å². The van der Waals surface area contributed by atoms with Gasteiger partial charge in [-0.1, -0.05) is 27.7 Å². The number of furan rings is 1. The Morgan fingerprint density at radius 2 is 2.14 bits per heavy atom. The minimum absolute atomic E-state index is 0.149. The van der Waals surface area contributed by atoms with Gasteiger partial charge in [-0.05, 0) is 17.5 Å². The average molecular weight is 295 g/mol. The summed E-state index contributed by atoms with van der Waals surface area (Å²) < 4.78 is 16.6. The maximum absolute atomic E-state index is 12.3. The highest BCUT2D eigenvalue weighted by Gasteiger charge is 2.33. The van der Waals surface area contributed by atoms with Gasteiger partial charge in [-0.2, -0.15) is 0 Å². The van der Waals surface area contributed by atoms with Crippen LogP contribution >= 0.6 is 0 Å². The fourth-order valence-corrected chi connectivity index (χ4v) is 2.33. The quantitative estimate of drug-likeness (QED) is 0.927. The first-order valence-electron chi connectivity index (χ1n) is 7.50. The lowest BCUT2D eigenvalue weighted by molar-refractivity contribution is -0.149. The summed E-state index contributed by atoms with van der Waals surface area (Å²) in [4.78, 5) is 12.3. The lowest BCUT2D eigenvalue weighted by Gasteiger charge is -2.32. The first-order chi connectivity index (χ1) is 9.91. The minimum Gasteiger partial charge on any atom is -0.464 e. The van der Waals surface area contributed by atoms with Crippen LogP contribution in [0.4, 0.5) is 0 Å². The summed E-state index contributed by atoms with van der Waals surface area (Å²) in [5.41, 5.74) is -0.159. The molecule has 0 unspecified atom stereocenters. The van der Waals surface area contributed by atoms with Gasteiger partial charge >= 0.3 is 0 Å². The van der Waals surface area contributed by atoms with Crippen LogP contribution in [0, 0.1) is 5.41 Å². The van der Waals surface area contributed by atoms with Crippen LogP contribution in [0.25, 0.3) is 0 Å². The zero-order valence-electron chi connectivity index (χ0n) is 13.3. The molecule has 5 heteroatoms. The maximum Gasteiger partial charge on any atom is 0.252 e. The zero-order chi connectivity index (χ0) is 15.5. The van der Waals surface area contributed by atoms with E-state index >= 15 is 0 Å². The monoisotopic (exact) mass is 295 g/mol. The van der Waals surface area contributed by atoms with E-state index in [0.717, 1.165) is 17.9 Å². The number of hydrogen-bond acceptors (Lipinski definition) is 4. The molecule has 5 nitrogen and oxygen atoms in total. The third-order valence-corrected chi connectivity index (χ3v) is 3.58. The van der Waals surface area contributed by atoms with E-state index in [1.54, 1.807) is 0 Å². The van der Waals surface area contributed by atoms with Crippen molar-refractivity contribution in [2.75, 3.05) is 19.8 Å². The maximum atomic E-state index is 12.3. The first-order valence-corrected chi connectivity index (χ1v) is 7.50. The van der Waals surface area contributed by atoms with E-state index in [0.29, 0.717) is 19.8 Å². The molecular weight excluding hydrogens is 270 g/mol. The molecule has 2 heterocycles. The Morgan fingerprint density at radius 1 is 1.38 bits per heavy atom. The van der Waals surface area contributed by atoms with Crippen LogP contribution in [-0.2, 0) is 20.7 Å². The highest BCUT2D eigenvalue weighted by Crippen LogP contribution is 2.34. The molecule has 0 saturated carbocycles. The van der Waals surface area contributed by atoms with Crippen molar-refractivity contribution in [2.24, 2.45) is 5.41 Å². The Balaban J connectivity index is 2.11. The second kappa shape index (κ2) is 6.62. The van der Waals surface area contributed by atoms with Crippen LogP contribution in [0.15, 0.2) is 16.5 Å². The molecule has 0 spiro atoms. The van der Waals surface area contributed by atoms with Crippen LogP contribution in [0.1, 0.15) is 45.3 Å². The van der Waals surface area contributed by atoms with Crippen molar-refractivity contribution < 1.29 is 18.7 Å². The number of nitrogens with one attached hydrogen (secondary N) is 1. The Morgan fingerprint density at radius 3 is 2.67 bits per heavy atom. The van der Waals surface area contributed by atoms with E-state index in [1.807, 2.05) is 19.1 Å². The van der Waals surface area contributed by atoms with E-state index in [2.05, 4.69) is 26.1 Å². The van der Waals surface area contributed by atoms with Gasteiger partial charge < -0.3 is 19.2 Å². The molecule has 0 aromatic carbocycles. The van der Waals surface area contributed by atoms with Crippen molar-refractivity contribution in [1.82, 2.24) is 5.32 Å². The molecule has 2 rings (SSSR count). The van der Waals surface area contributed by atoms with Crippen molar-refractivity contribution in [3.63, 3.8) is 0 Å². The molecule has 0 aliphatic carbocycles. The molecule has 1 fully saturated rings. The van der Waals surface area contributed by atoms with Crippen molar-refractivity contribution >= 4 is 5.91 Å². The molecule has 0 radical (unpaired) electrons. The van der Waals surface area contributed by atoms with Crippen LogP contribution in [-0.4, -0.2) is 31.8 Å². The fourth-order valence-electron chi connectivity index (χ4n) is 2.33. The number of ether oxygens (including phenoxy) is 2. The summed E-state index contributed by atoms with van der Waals surface area (Å²) in [6, 6.07) is 3.70. The Kier molecular flexibility index (Phi) is 5.06. The largest absolute Gasteiger partial charge is 0.464 e. The molecule has 21 heavy (non-hydrogen) atoms. The Labute approximate surface area is 126 Å². The van der Waals surface area contributed by atoms with E-state index in [-0.39, 0.29) is 17.4 Å². The molecule has 1 aliphatic rings. The Hall–Kier alpha value is -1.33. The molecule has 0 bridgehead atoms. The smallest absolute Gasteiger partial charge is 0.252 e. The third kappa shape index (κ3) is 4.08. The van der Waals surface area contributed by atoms with Crippen LogP contribution in [0.5, 0.6) is 0 Å². The van der Waals surface area contributed by atoms with E-state index in [9.17, 15) is 4.79 Å². The van der Waals surface area contributed by atoms with Gasteiger partial charge in [0.15, 0.2) is 6.10 Å². The topological polar surface area (TPSA) is 60.7 Å². The lowest BCUT2D eigenvalue weighted by atomic mass is 9.85. The summed E-state index contributed by atoms with van der Waals surface area (Å²) in [6.45, 7) is 9.57. The molecule has 1 aliphatic heterocycles. The van der Waals surface area contributed by atoms with Crippen molar-refractivity contribution in [2.45, 2.75) is 46.3 Å². The highest BCUT2D eigenvalue weighted by atomic mass is 16.6. The molecule has 1 amide bonds. The summed E-state index contributed by atoms with van der Waals surface area (Å²) in [5, 5.41) is 3.04. The highest BCUT2D eigenvalue weighted by molar-refractivity contribution is 5.81. The minimum atomic E-state index is -0.538. The van der Waals surface area contributed by atoms with Crippen LogP contribution in [0.3, 0.4) is 0 Å². The first kappa shape index (κ1) is 16.0. The second-order valence-electron chi connectivity index (χ2n) is 6.40. The molecule has 1 aromatic heterocycles.